The third kappa shape index (κ3) is 5.25. The summed E-state index contributed by atoms with van der Waals surface area (Å²) in [6, 6.07) is 24.8. The monoisotopic (exact) mass is 582 g/mol. The summed E-state index contributed by atoms with van der Waals surface area (Å²) in [5, 5.41) is 29.0. The van der Waals surface area contributed by atoms with E-state index in [1.165, 1.54) is 13.2 Å². The highest BCUT2D eigenvalue weighted by Gasteiger charge is 2.45. The van der Waals surface area contributed by atoms with Crippen LogP contribution in [0.25, 0.3) is 0 Å². The number of carboxylic acids is 1. The highest BCUT2D eigenvalue weighted by Crippen LogP contribution is 2.54. The van der Waals surface area contributed by atoms with Gasteiger partial charge in [0.05, 0.1) is 17.9 Å². The number of carbonyl (C=O) groups excluding carboxylic acids is 1. The molecule has 222 valence electrons. The highest BCUT2D eigenvalue weighted by atomic mass is 16.5. The van der Waals surface area contributed by atoms with E-state index in [-0.39, 0.29) is 29.3 Å². The summed E-state index contributed by atoms with van der Waals surface area (Å²) in [7, 11) is 1.40. The molecule has 0 aliphatic carbocycles. The Morgan fingerprint density at radius 3 is 1.44 bits per heavy atom. The first-order valence-corrected chi connectivity index (χ1v) is 13.9. The molecule has 2 atom stereocenters. The van der Waals surface area contributed by atoms with E-state index in [4.69, 9.17) is 14.2 Å². The third-order valence-electron chi connectivity index (χ3n) is 8.22. The van der Waals surface area contributed by atoms with Crippen molar-refractivity contribution >= 4 is 11.9 Å². The lowest BCUT2D eigenvalue weighted by molar-refractivity contribution is -0.151. The van der Waals surface area contributed by atoms with Gasteiger partial charge in [0.2, 0.25) is 0 Å². The summed E-state index contributed by atoms with van der Waals surface area (Å²) in [5.41, 5.74) is 1.68. The van der Waals surface area contributed by atoms with Crippen LogP contribution >= 0.6 is 0 Å². The van der Waals surface area contributed by atoms with Crippen molar-refractivity contribution in [2.75, 3.05) is 7.11 Å². The summed E-state index contributed by atoms with van der Waals surface area (Å²) < 4.78 is 16.7. The number of phenols is 2. The van der Waals surface area contributed by atoms with Crippen LogP contribution in [0, 0.1) is 10.8 Å². The minimum atomic E-state index is -0.994. The lowest BCUT2D eigenvalue weighted by Gasteiger charge is -2.37. The van der Waals surface area contributed by atoms with E-state index in [1.807, 2.05) is 62.4 Å². The van der Waals surface area contributed by atoms with Gasteiger partial charge in [-0.2, -0.15) is 0 Å². The van der Waals surface area contributed by atoms with E-state index < -0.39 is 16.8 Å². The lowest BCUT2D eigenvalue weighted by atomic mass is 9.70. The quantitative estimate of drug-likeness (QED) is 0.211. The molecule has 3 N–H and O–H groups in total. The normalized spacial score (nSPS) is 16.4. The Bertz CT molecular complexity index is 1700. The molecule has 0 fully saturated rings. The Morgan fingerprint density at radius 2 is 1.02 bits per heavy atom. The largest absolute Gasteiger partial charge is 0.508 e. The second-order valence-corrected chi connectivity index (χ2v) is 11.8. The Labute approximate surface area is 250 Å². The summed E-state index contributed by atoms with van der Waals surface area (Å²) in [6.07, 6.45) is 0. The molecular weight excluding hydrogens is 548 g/mol. The number of hydrogen-bond donors (Lipinski definition) is 3. The highest BCUT2D eigenvalue weighted by molar-refractivity contribution is 5.79. The molecule has 0 amide bonds. The molecule has 0 saturated heterocycles. The van der Waals surface area contributed by atoms with Crippen LogP contribution in [-0.4, -0.2) is 34.4 Å². The van der Waals surface area contributed by atoms with Crippen molar-refractivity contribution in [1.29, 1.82) is 0 Å². The van der Waals surface area contributed by atoms with E-state index >= 15 is 0 Å². The van der Waals surface area contributed by atoms with Gasteiger partial charge < -0.3 is 29.5 Å². The van der Waals surface area contributed by atoms with Crippen LogP contribution in [0.1, 0.15) is 61.8 Å². The van der Waals surface area contributed by atoms with Gasteiger partial charge >= 0.3 is 11.9 Å². The predicted octanol–water partition coefficient (Wildman–Crippen LogP) is 7.57. The van der Waals surface area contributed by atoms with E-state index in [0.29, 0.717) is 23.0 Å². The Hall–Kier alpha value is -4.98. The van der Waals surface area contributed by atoms with Crippen LogP contribution in [0.3, 0.4) is 0 Å². The number of aromatic hydroxyl groups is 2. The van der Waals surface area contributed by atoms with Crippen molar-refractivity contribution in [1.82, 2.24) is 0 Å². The molecule has 4 aromatic rings. The molecule has 8 heteroatoms. The number of para-hydroxylation sites is 2. The van der Waals surface area contributed by atoms with Crippen LogP contribution in [-0.2, 0) is 14.3 Å². The zero-order chi connectivity index (χ0) is 31.1. The fourth-order valence-corrected chi connectivity index (χ4v) is 5.96. The SMILES string of the molecule is CC(C)(C(=O)O)C1c2ccccc2Oc2cc(O)ccc21.COC(=O)C(C)(C)C1c2ccccc2Oc2cc(O)ccc21. The van der Waals surface area contributed by atoms with Gasteiger partial charge in [-0.15, -0.1) is 0 Å². The molecule has 43 heavy (non-hydrogen) atoms. The number of benzene rings is 4. The van der Waals surface area contributed by atoms with E-state index in [9.17, 15) is 24.9 Å². The molecule has 0 bridgehead atoms. The smallest absolute Gasteiger partial charge is 0.312 e. The fourth-order valence-electron chi connectivity index (χ4n) is 5.96. The maximum atomic E-state index is 12.3. The van der Waals surface area contributed by atoms with E-state index in [1.54, 1.807) is 44.2 Å². The van der Waals surface area contributed by atoms with Crippen LogP contribution in [0.4, 0.5) is 0 Å². The molecule has 0 spiro atoms. The fraction of sp³-hybridized carbons (Fsp3) is 0.257. The molecule has 2 unspecified atom stereocenters. The minimum absolute atomic E-state index is 0.0972. The van der Waals surface area contributed by atoms with Crippen molar-refractivity contribution < 1.29 is 39.1 Å². The zero-order valence-corrected chi connectivity index (χ0v) is 24.6. The zero-order valence-electron chi connectivity index (χ0n) is 24.6. The molecule has 4 aromatic carbocycles. The molecule has 2 aliphatic rings. The van der Waals surface area contributed by atoms with Crippen molar-refractivity contribution in [2.24, 2.45) is 10.8 Å². The van der Waals surface area contributed by atoms with Crippen LogP contribution < -0.4 is 9.47 Å². The summed E-state index contributed by atoms with van der Waals surface area (Å²) in [4.78, 5) is 24.0. The molecule has 2 aliphatic heterocycles. The number of hydrogen-bond acceptors (Lipinski definition) is 7. The van der Waals surface area contributed by atoms with Crippen LogP contribution in [0.2, 0.25) is 0 Å². The minimum Gasteiger partial charge on any atom is -0.508 e. The number of methoxy groups -OCH3 is 1. The van der Waals surface area contributed by atoms with Gasteiger partial charge in [0.15, 0.2) is 0 Å². The summed E-state index contributed by atoms with van der Waals surface area (Å²) >= 11 is 0. The number of rotatable bonds is 4. The number of esters is 1. The standard InChI is InChI=1S/C18H18O4.C17H16O4/c1-18(2,17(20)21-3)16-12-6-4-5-7-14(12)22-15-10-11(19)8-9-13(15)16;1-17(2,16(19)20)15-11-5-3-4-6-13(11)21-14-9-10(18)7-8-12(14)15/h4-10,16,19H,1-3H3;3-9,15,18H,1-2H3,(H,19,20). The van der Waals surface area contributed by atoms with Gasteiger partial charge in [0.1, 0.15) is 34.5 Å². The number of aliphatic carboxylic acids is 1. The second kappa shape index (κ2) is 11.0. The van der Waals surface area contributed by atoms with Crippen LogP contribution in [0.5, 0.6) is 34.5 Å². The van der Waals surface area contributed by atoms with Crippen molar-refractivity contribution in [3.63, 3.8) is 0 Å². The van der Waals surface area contributed by atoms with Gasteiger partial charge in [-0.1, -0.05) is 48.5 Å². The average molecular weight is 583 g/mol. The van der Waals surface area contributed by atoms with Crippen LogP contribution in [0.15, 0.2) is 84.9 Å². The Balaban J connectivity index is 0.000000171. The first-order chi connectivity index (χ1) is 20.4. The average Bonchev–Trinajstić information content (AvgIpc) is 2.98. The molecule has 0 aromatic heterocycles. The maximum Gasteiger partial charge on any atom is 0.312 e. The summed E-state index contributed by atoms with van der Waals surface area (Å²) in [6.45, 7) is 7.14. The number of phenolic OH excluding ortho intramolecular Hbond substituents is 2. The number of carbonyl (C=O) groups is 2. The maximum absolute atomic E-state index is 12.3. The van der Waals surface area contributed by atoms with Crippen molar-refractivity contribution in [3.8, 4) is 34.5 Å². The van der Waals surface area contributed by atoms with Gasteiger partial charge in [-0.05, 0) is 52.0 Å². The molecule has 8 nitrogen and oxygen atoms in total. The molecule has 6 rings (SSSR count). The molecule has 2 heterocycles. The van der Waals surface area contributed by atoms with E-state index in [0.717, 1.165) is 22.3 Å². The predicted molar refractivity (Wildman–Crippen MR) is 160 cm³/mol. The number of carboxylic acid groups (broad SMARTS) is 1. The number of fused-ring (bicyclic) bond motifs is 4. The first-order valence-electron chi connectivity index (χ1n) is 13.9. The summed E-state index contributed by atoms with van der Waals surface area (Å²) in [5.74, 6) is 0.937. The second-order valence-electron chi connectivity index (χ2n) is 11.8. The Morgan fingerprint density at radius 1 is 0.628 bits per heavy atom. The van der Waals surface area contributed by atoms with Gasteiger partial charge in [0.25, 0.3) is 0 Å². The number of ether oxygens (including phenoxy) is 3. The first kappa shape index (κ1) is 29.5. The molecule has 0 radical (unpaired) electrons. The van der Waals surface area contributed by atoms with Crippen molar-refractivity contribution in [2.45, 2.75) is 39.5 Å². The molecular formula is C35H34O8. The van der Waals surface area contributed by atoms with Gasteiger partial charge in [-0.25, -0.2) is 0 Å². The van der Waals surface area contributed by atoms with E-state index in [2.05, 4.69) is 0 Å². The Kier molecular flexibility index (Phi) is 7.56. The van der Waals surface area contributed by atoms with Crippen molar-refractivity contribution in [3.05, 3.63) is 107 Å². The topological polar surface area (TPSA) is 123 Å². The van der Waals surface area contributed by atoms with Gasteiger partial charge in [0, 0.05) is 46.2 Å². The van der Waals surface area contributed by atoms with Gasteiger partial charge in [-0.3, -0.25) is 9.59 Å². The lowest BCUT2D eigenvalue weighted by Crippen LogP contribution is -2.34. The molecule has 0 saturated carbocycles. The third-order valence-corrected chi connectivity index (χ3v) is 8.22.